The minimum Gasteiger partial charge on any atom is -0.355 e. The van der Waals surface area contributed by atoms with Gasteiger partial charge in [0, 0.05) is 27.2 Å². The smallest absolute Gasteiger partial charge is 0.326 e. The third kappa shape index (κ3) is 4.43. The molecule has 1 fully saturated rings. The number of nitrogens with one attached hydrogen (secondary N) is 2. The zero-order valence-electron chi connectivity index (χ0n) is 19.7. The number of carbonyl (C=O) groups is 2. The normalized spacial score (nSPS) is 14.5. The van der Waals surface area contributed by atoms with Crippen LogP contribution in [0.1, 0.15) is 41.3 Å². The van der Waals surface area contributed by atoms with Gasteiger partial charge in [-0.3, -0.25) is 14.4 Å². The Hall–Kier alpha value is -3.24. The van der Waals surface area contributed by atoms with Gasteiger partial charge in [0.1, 0.15) is 11.2 Å². The predicted octanol–water partition coefficient (Wildman–Crippen LogP) is 3.51. The Morgan fingerprint density at radius 3 is 2.51 bits per heavy atom. The summed E-state index contributed by atoms with van der Waals surface area (Å²) in [6.07, 6.45) is 0. The number of anilines is 2. The standard InChI is InChI=1S/C24H25ClFN5O3S/c1-13(2)14-7-5-6-8-16(14)24(11-31(12-24)22-29-30(4)23(34)35-22)21(33)28-19-10-18(26)17(25)9-15(19)20(32)27-3/h5-10,13H,11-12H2,1-4H3,(H,27,32)(H,28,33). The molecule has 2 N–H and O–H groups in total. The van der Waals surface area contributed by atoms with Crippen molar-refractivity contribution >= 4 is 45.6 Å². The van der Waals surface area contributed by atoms with Crippen LogP contribution in [-0.2, 0) is 17.3 Å². The summed E-state index contributed by atoms with van der Waals surface area (Å²) in [6, 6.07) is 9.93. The Bertz CT molecular complexity index is 1360. The third-order valence-corrected chi connectivity index (χ3v) is 7.43. The van der Waals surface area contributed by atoms with Crippen molar-refractivity contribution in [3.05, 3.63) is 73.6 Å². The van der Waals surface area contributed by atoms with Crippen LogP contribution in [0.25, 0.3) is 0 Å². The molecule has 4 rings (SSSR count). The van der Waals surface area contributed by atoms with Gasteiger partial charge in [-0.25, -0.2) is 9.07 Å². The molecule has 1 aliphatic heterocycles. The topological polar surface area (TPSA) is 96.3 Å². The summed E-state index contributed by atoms with van der Waals surface area (Å²) in [5.74, 6) is -1.51. The number of benzene rings is 2. The van der Waals surface area contributed by atoms with E-state index in [4.69, 9.17) is 11.6 Å². The quantitative estimate of drug-likeness (QED) is 0.521. The second kappa shape index (κ2) is 9.43. The van der Waals surface area contributed by atoms with Crippen molar-refractivity contribution in [2.75, 3.05) is 30.4 Å². The molecule has 0 saturated carbocycles. The highest BCUT2D eigenvalue weighted by atomic mass is 35.5. The summed E-state index contributed by atoms with van der Waals surface area (Å²) in [4.78, 5) is 39.9. The molecule has 0 aliphatic carbocycles. The molecule has 2 aromatic carbocycles. The lowest BCUT2D eigenvalue weighted by Crippen LogP contribution is -2.65. The monoisotopic (exact) mass is 517 g/mol. The molecule has 3 aromatic rings. The first-order valence-electron chi connectivity index (χ1n) is 11.0. The van der Waals surface area contributed by atoms with Crippen molar-refractivity contribution in [1.29, 1.82) is 0 Å². The van der Waals surface area contributed by atoms with Crippen LogP contribution in [0.3, 0.4) is 0 Å². The van der Waals surface area contributed by atoms with Crippen LogP contribution < -0.4 is 20.4 Å². The van der Waals surface area contributed by atoms with Gasteiger partial charge in [-0.05, 0) is 40.5 Å². The predicted molar refractivity (Wildman–Crippen MR) is 135 cm³/mol. The molecule has 0 radical (unpaired) electrons. The number of halogens is 2. The fourth-order valence-electron chi connectivity index (χ4n) is 4.29. The van der Waals surface area contributed by atoms with Crippen LogP contribution in [0.2, 0.25) is 5.02 Å². The zero-order chi connectivity index (χ0) is 25.5. The minimum atomic E-state index is -1.01. The largest absolute Gasteiger partial charge is 0.355 e. The molecule has 11 heteroatoms. The van der Waals surface area contributed by atoms with Gasteiger partial charge in [0.15, 0.2) is 0 Å². The number of amides is 2. The molecule has 2 amide bonds. The molecular formula is C24H25ClFN5O3S. The molecule has 35 heavy (non-hydrogen) atoms. The Balaban J connectivity index is 1.76. The van der Waals surface area contributed by atoms with Crippen LogP contribution in [0, 0.1) is 5.82 Å². The van der Waals surface area contributed by atoms with Gasteiger partial charge in [-0.15, -0.1) is 5.10 Å². The maximum Gasteiger partial charge on any atom is 0.326 e. The van der Waals surface area contributed by atoms with Crippen LogP contribution in [0.15, 0.2) is 41.2 Å². The van der Waals surface area contributed by atoms with E-state index in [0.717, 1.165) is 28.5 Å². The van der Waals surface area contributed by atoms with Crippen LogP contribution >= 0.6 is 22.9 Å². The van der Waals surface area contributed by atoms with Crippen LogP contribution in [0.5, 0.6) is 0 Å². The van der Waals surface area contributed by atoms with Gasteiger partial charge < -0.3 is 15.5 Å². The van der Waals surface area contributed by atoms with Gasteiger partial charge in [-0.2, -0.15) is 0 Å². The van der Waals surface area contributed by atoms with Crippen molar-refractivity contribution in [3.8, 4) is 0 Å². The van der Waals surface area contributed by atoms with E-state index in [1.165, 1.54) is 17.8 Å². The Kier molecular flexibility index (Phi) is 6.70. The molecule has 0 spiro atoms. The van der Waals surface area contributed by atoms with Crippen LogP contribution in [-0.4, -0.2) is 41.7 Å². The van der Waals surface area contributed by atoms with Crippen molar-refractivity contribution in [2.45, 2.75) is 25.2 Å². The highest BCUT2D eigenvalue weighted by molar-refractivity contribution is 7.13. The zero-order valence-corrected chi connectivity index (χ0v) is 21.3. The number of aromatic nitrogens is 2. The molecule has 0 atom stereocenters. The second-order valence-corrected chi connectivity index (χ2v) is 10.1. The lowest BCUT2D eigenvalue weighted by atomic mass is 9.70. The van der Waals surface area contributed by atoms with E-state index in [9.17, 15) is 18.8 Å². The summed E-state index contributed by atoms with van der Waals surface area (Å²) in [7, 11) is 3.01. The van der Waals surface area contributed by atoms with Crippen molar-refractivity contribution in [2.24, 2.45) is 7.05 Å². The van der Waals surface area contributed by atoms with Gasteiger partial charge in [0.2, 0.25) is 11.0 Å². The first kappa shape index (κ1) is 24.9. The number of nitrogens with zero attached hydrogens (tertiary/aromatic N) is 3. The first-order chi connectivity index (χ1) is 16.6. The SMILES string of the molecule is CNC(=O)c1cc(Cl)c(F)cc1NC(=O)C1(c2ccccc2C(C)C)CN(c2nn(C)c(=O)s2)C1. The molecule has 0 bridgehead atoms. The van der Waals surface area contributed by atoms with Gasteiger partial charge in [0.05, 0.1) is 16.3 Å². The highest BCUT2D eigenvalue weighted by Gasteiger charge is 2.53. The van der Waals surface area contributed by atoms with Crippen molar-refractivity contribution in [1.82, 2.24) is 15.1 Å². The van der Waals surface area contributed by atoms with E-state index in [0.29, 0.717) is 5.13 Å². The van der Waals surface area contributed by atoms with E-state index in [2.05, 4.69) is 15.7 Å². The summed E-state index contributed by atoms with van der Waals surface area (Å²) in [5.41, 5.74) is 0.912. The number of rotatable bonds is 6. The van der Waals surface area contributed by atoms with E-state index in [-0.39, 0.29) is 40.2 Å². The highest BCUT2D eigenvalue weighted by Crippen LogP contribution is 2.42. The molecule has 184 valence electrons. The van der Waals surface area contributed by atoms with E-state index >= 15 is 0 Å². The number of carbonyl (C=O) groups excluding carboxylic acids is 2. The lowest BCUT2D eigenvalue weighted by Gasteiger charge is -2.49. The summed E-state index contributed by atoms with van der Waals surface area (Å²) >= 11 is 6.90. The van der Waals surface area contributed by atoms with Crippen LogP contribution in [0.4, 0.5) is 15.2 Å². The molecule has 8 nitrogen and oxygen atoms in total. The van der Waals surface area contributed by atoms with E-state index < -0.39 is 23.0 Å². The fraction of sp³-hybridized carbons (Fsp3) is 0.333. The van der Waals surface area contributed by atoms with E-state index in [1.807, 2.05) is 43.0 Å². The number of aryl methyl sites for hydroxylation is 1. The lowest BCUT2D eigenvalue weighted by molar-refractivity contribution is -0.122. The maximum absolute atomic E-state index is 14.3. The van der Waals surface area contributed by atoms with Gasteiger partial charge in [-0.1, -0.05) is 49.7 Å². The van der Waals surface area contributed by atoms with Gasteiger partial charge >= 0.3 is 4.87 Å². The molecule has 0 unspecified atom stereocenters. The van der Waals surface area contributed by atoms with E-state index in [1.54, 1.807) is 7.05 Å². The third-order valence-electron chi connectivity index (χ3n) is 6.18. The first-order valence-corrected chi connectivity index (χ1v) is 12.2. The average Bonchev–Trinajstić information content (AvgIpc) is 3.12. The number of hydrogen-bond acceptors (Lipinski definition) is 6. The van der Waals surface area contributed by atoms with Gasteiger partial charge in [0.25, 0.3) is 5.91 Å². The average molecular weight is 518 g/mol. The molecular weight excluding hydrogens is 493 g/mol. The fourth-order valence-corrected chi connectivity index (χ4v) is 5.20. The van der Waals surface area contributed by atoms with Crippen molar-refractivity contribution in [3.63, 3.8) is 0 Å². The minimum absolute atomic E-state index is 0.0265. The molecule has 2 heterocycles. The second-order valence-electron chi connectivity index (χ2n) is 8.80. The van der Waals surface area contributed by atoms with Crippen molar-refractivity contribution < 1.29 is 14.0 Å². The number of hydrogen-bond donors (Lipinski definition) is 2. The summed E-state index contributed by atoms with van der Waals surface area (Å²) < 4.78 is 15.6. The summed E-state index contributed by atoms with van der Waals surface area (Å²) in [5, 5.41) is 9.82. The Morgan fingerprint density at radius 2 is 1.91 bits per heavy atom. The Labute approximate surface area is 210 Å². The molecule has 1 aromatic heterocycles. The molecule has 1 aliphatic rings. The maximum atomic E-state index is 14.3. The Morgan fingerprint density at radius 1 is 1.23 bits per heavy atom. The molecule has 1 saturated heterocycles. The summed E-state index contributed by atoms with van der Waals surface area (Å²) in [6.45, 7) is 4.62.